The lowest BCUT2D eigenvalue weighted by molar-refractivity contribution is -0.870. The molecule has 0 aromatic rings. The zero-order chi connectivity index (χ0) is 61.9. The zero-order valence-electron chi connectivity index (χ0n) is 57.8. The summed E-state index contributed by atoms with van der Waals surface area (Å²) in [5.74, 6) is -0.188. The number of carbonyl (C=O) groups excluding carboxylic acids is 1. The summed E-state index contributed by atoms with van der Waals surface area (Å²) in [6.45, 7) is 4.70. The molecule has 2 N–H and O–H groups in total. The number of phosphoric acid groups is 1. The molecule has 9 heteroatoms. The van der Waals surface area contributed by atoms with Crippen LogP contribution in [0.3, 0.4) is 0 Å². The number of hydrogen-bond donors (Lipinski definition) is 2. The van der Waals surface area contributed by atoms with Crippen LogP contribution in [0, 0.1) is 0 Å². The van der Waals surface area contributed by atoms with E-state index in [2.05, 4.69) is 43.5 Å². The van der Waals surface area contributed by atoms with Crippen LogP contribution < -0.4 is 10.2 Å². The van der Waals surface area contributed by atoms with Gasteiger partial charge in [-0.1, -0.05) is 371 Å². The Morgan fingerprint density at radius 2 is 0.682 bits per heavy atom. The van der Waals surface area contributed by atoms with Crippen molar-refractivity contribution in [2.75, 3.05) is 40.9 Å². The number of allylic oxidation sites excluding steroid dienone is 5. The Hall–Kier alpha value is -1.28. The molecule has 0 aliphatic rings. The van der Waals surface area contributed by atoms with Gasteiger partial charge in [0.1, 0.15) is 13.2 Å². The summed E-state index contributed by atoms with van der Waals surface area (Å²) < 4.78 is 23.5. The summed E-state index contributed by atoms with van der Waals surface area (Å²) in [5.41, 5.74) is 0. The lowest BCUT2D eigenvalue weighted by atomic mass is 10.0. The smallest absolute Gasteiger partial charge is 0.268 e. The maximum absolute atomic E-state index is 13.1. The second-order valence-electron chi connectivity index (χ2n) is 27.4. The number of likely N-dealkylation sites (N-methyl/N-ethyl adjacent to an activating group) is 1. The van der Waals surface area contributed by atoms with Crippen molar-refractivity contribution in [1.82, 2.24) is 5.32 Å². The Kier molecular flexibility index (Phi) is 66.1. The van der Waals surface area contributed by atoms with Gasteiger partial charge in [-0.15, -0.1) is 0 Å². The summed E-state index contributed by atoms with van der Waals surface area (Å²) in [6.07, 6.45) is 90.1. The van der Waals surface area contributed by atoms with E-state index in [1.165, 1.54) is 327 Å². The van der Waals surface area contributed by atoms with Crippen molar-refractivity contribution < 1.29 is 32.9 Å². The molecule has 3 atom stereocenters. The first kappa shape index (κ1) is 83.7. The van der Waals surface area contributed by atoms with Crippen molar-refractivity contribution in [2.24, 2.45) is 0 Å². The quantitative estimate of drug-likeness (QED) is 0.0272. The molecule has 0 fully saturated rings. The summed E-state index contributed by atoms with van der Waals surface area (Å²) in [7, 11) is 1.28. The maximum Gasteiger partial charge on any atom is 0.268 e. The molecule has 0 heterocycles. The number of aliphatic hydroxyl groups excluding tert-OH is 1. The summed E-state index contributed by atoms with van der Waals surface area (Å²) in [5, 5.41) is 14.0. The maximum atomic E-state index is 13.1. The SMILES string of the molecule is CCCCCCC/C=C\C/C=C\CCCCCCCCCCCCCCCCCCCCCCCCCC(=O)NC(COP(=O)([O-])OCC[N+](C)(C)C)C(O)/C=C/CCCCCCCCCCCCCCCCCCCCCCCCCCCC. The normalized spacial score (nSPS) is 13.7. The first-order valence-electron chi connectivity index (χ1n) is 37.9. The summed E-state index contributed by atoms with van der Waals surface area (Å²) in [6, 6.07) is -0.886. The van der Waals surface area contributed by atoms with E-state index in [1.807, 2.05) is 27.2 Å². The van der Waals surface area contributed by atoms with Gasteiger partial charge in [-0.3, -0.25) is 9.36 Å². The van der Waals surface area contributed by atoms with Gasteiger partial charge >= 0.3 is 0 Å². The van der Waals surface area contributed by atoms with E-state index in [9.17, 15) is 19.4 Å². The van der Waals surface area contributed by atoms with Gasteiger partial charge in [-0.2, -0.15) is 0 Å². The molecule has 0 saturated heterocycles. The Bertz CT molecular complexity index is 1480. The van der Waals surface area contributed by atoms with Crippen molar-refractivity contribution in [1.29, 1.82) is 0 Å². The molecule has 0 spiro atoms. The van der Waals surface area contributed by atoms with E-state index < -0.39 is 20.0 Å². The number of unbranched alkanes of at least 4 members (excludes halogenated alkanes) is 54. The molecule has 0 aromatic heterocycles. The zero-order valence-corrected chi connectivity index (χ0v) is 58.7. The van der Waals surface area contributed by atoms with Crippen molar-refractivity contribution in [3.63, 3.8) is 0 Å². The highest BCUT2D eigenvalue weighted by molar-refractivity contribution is 7.45. The number of aliphatic hydroxyl groups is 1. The highest BCUT2D eigenvalue weighted by Gasteiger charge is 2.23. The highest BCUT2D eigenvalue weighted by atomic mass is 31.2. The van der Waals surface area contributed by atoms with Crippen LogP contribution >= 0.6 is 7.82 Å². The number of nitrogens with one attached hydrogen (secondary N) is 1. The molecule has 0 aliphatic heterocycles. The van der Waals surface area contributed by atoms with Crippen LogP contribution in [-0.2, 0) is 18.4 Å². The van der Waals surface area contributed by atoms with Crippen molar-refractivity contribution in [3.8, 4) is 0 Å². The van der Waals surface area contributed by atoms with Gasteiger partial charge in [-0.05, 0) is 51.4 Å². The minimum atomic E-state index is -4.60. The Balaban J connectivity index is 3.98. The van der Waals surface area contributed by atoms with Crippen LogP contribution in [0.15, 0.2) is 36.5 Å². The average molecular weight is 1220 g/mol. The number of rotatable bonds is 71. The number of carbonyl (C=O) groups is 1. The third kappa shape index (κ3) is 70.0. The van der Waals surface area contributed by atoms with E-state index in [0.29, 0.717) is 17.4 Å². The number of amides is 1. The van der Waals surface area contributed by atoms with E-state index in [-0.39, 0.29) is 19.1 Å². The molecule has 0 aliphatic carbocycles. The molecule has 0 saturated carbocycles. The van der Waals surface area contributed by atoms with E-state index in [4.69, 9.17) is 9.05 Å². The van der Waals surface area contributed by atoms with Crippen molar-refractivity contribution >= 4 is 13.7 Å². The van der Waals surface area contributed by atoms with Gasteiger partial charge in [0.15, 0.2) is 0 Å². The second-order valence-corrected chi connectivity index (χ2v) is 28.8. The molecule has 504 valence electrons. The van der Waals surface area contributed by atoms with Crippen molar-refractivity contribution in [2.45, 2.75) is 405 Å². The van der Waals surface area contributed by atoms with E-state index >= 15 is 0 Å². The molecule has 0 rings (SSSR count). The fraction of sp³-hybridized carbons (Fsp3) is 0.908. The lowest BCUT2D eigenvalue weighted by Crippen LogP contribution is -2.45. The lowest BCUT2D eigenvalue weighted by Gasteiger charge is -2.29. The van der Waals surface area contributed by atoms with Crippen LogP contribution in [0.25, 0.3) is 0 Å². The molecule has 1 amide bonds. The van der Waals surface area contributed by atoms with Gasteiger partial charge in [0.25, 0.3) is 7.82 Å². The van der Waals surface area contributed by atoms with E-state index in [1.54, 1.807) is 6.08 Å². The predicted octanol–water partition coefficient (Wildman–Crippen LogP) is 23.8. The summed E-state index contributed by atoms with van der Waals surface area (Å²) in [4.78, 5) is 25.7. The number of hydrogen-bond acceptors (Lipinski definition) is 6. The molecule has 85 heavy (non-hydrogen) atoms. The van der Waals surface area contributed by atoms with Crippen LogP contribution in [-0.4, -0.2) is 68.5 Å². The number of nitrogens with zero attached hydrogens (tertiary/aromatic N) is 1. The van der Waals surface area contributed by atoms with Crippen LogP contribution in [0.2, 0.25) is 0 Å². The monoisotopic (exact) mass is 1220 g/mol. The van der Waals surface area contributed by atoms with Crippen LogP contribution in [0.1, 0.15) is 393 Å². The second kappa shape index (κ2) is 67.1. The summed E-state index contributed by atoms with van der Waals surface area (Å²) >= 11 is 0. The van der Waals surface area contributed by atoms with Crippen LogP contribution in [0.5, 0.6) is 0 Å². The standard InChI is InChI=1S/C76H149N2O6P/c1-6-8-10-12-14-16-18-20-22-24-26-28-30-32-34-36-37-38-39-40-41-42-44-46-48-50-52-54-56-58-60-62-64-66-68-70-76(80)77-74(73-84-85(81,82)83-72-71-78(3,4)5)75(79)69-67-65-63-61-59-57-55-53-51-49-47-45-43-35-33-31-29-27-25-23-21-19-17-15-13-11-9-7-2/h18,20,24,26,67,69,74-75,79H,6-17,19,21-23,25,27-66,68,70-73H2,1-5H3,(H-,77,80,81,82)/b20-18-,26-24-,69-67+. The molecular weight excluding hydrogens is 1070 g/mol. The van der Waals surface area contributed by atoms with Gasteiger partial charge in [0.05, 0.1) is 39.9 Å². The van der Waals surface area contributed by atoms with Gasteiger partial charge in [-0.25, -0.2) is 0 Å². The minimum Gasteiger partial charge on any atom is -0.756 e. The molecule has 3 unspecified atom stereocenters. The first-order chi connectivity index (χ1) is 41.5. The van der Waals surface area contributed by atoms with Gasteiger partial charge in [0.2, 0.25) is 5.91 Å². The van der Waals surface area contributed by atoms with E-state index in [0.717, 1.165) is 44.9 Å². The average Bonchev–Trinajstić information content (AvgIpc) is 3.48. The molecule has 0 bridgehead atoms. The molecule has 0 radical (unpaired) electrons. The highest BCUT2D eigenvalue weighted by Crippen LogP contribution is 2.38. The van der Waals surface area contributed by atoms with Gasteiger partial charge < -0.3 is 28.8 Å². The number of quaternary nitrogens is 1. The largest absolute Gasteiger partial charge is 0.756 e. The predicted molar refractivity (Wildman–Crippen MR) is 372 cm³/mol. The fourth-order valence-electron chi connectivity index (χ4n) is 11.7. The minimum absolute atomic E-state index is 0.00157. The molecular formula is C76H149N2O6P. The van der Waals surface area contributed by atoms with Crippen molar-refractivity contribution in [3.05, 3.63) is 36.5 Å². The Morgan fingerprint density at radius 1 is 0.412 bits per heavy atom. The topological polar surface area (TPSA) is 108 Å². The molecule has 8 nitrogen and oxygen atoms in total. The Morgan fingerprint density at radius 3 is 0.976 bits per heavy atom. The third-order valence-electron chi connectivity index (χ3n) is 17.6. The van der Waals surface area contributed by atoms with Crippen LogP contribution in [0.4, 0.5) is 0 Å². The number of phosphoric ester groups is 1. The van der Waals surface area contributed by atoms with Gasteiger partial charge in [0, 0.05) is 6.42 Å². The fourth-order valence-corrected chi connectivity index (χ4v) is 12.4. The third-order valence-corrected chi connectivity index (χ3v) is 18.6. The first-order valence-corrected chi connectivity index (χ1v) is 39.3. The molecule has 0 aromatic carbocycles. The Labute approximate surface area is 531 Å².